The van der Waals surface area contributed by atoms with E-state index in [4.69, 9.17) is 4.74 Å². The van der Waals surface area contributed by atoms with Crippen LogP contribution >= 0.6 is 0 Å². The van der Waals surface area contributed by atoms with Crippen molar-refractivity contribution in [3.8, 4) is 0 Å². The number of hydrogen-bond donors (Lipinski definition) is 2. The first kappa shape index (κ1) is 24.4. The third-order valence-corrected chi connectivity index (χ3v) is 8.43. The normalized spacial score (nSPS) is 22.6. The first-order chi connectivity index (χ1) is 19.3. The summed E-state index contributed by atoms with van der Waals surface area (Å²) in [4.78, 5) is 57.8. The van der Waals surface area contributed by atoms with Gasteiger partial charge in [0.05, 0.1) is 5.92 Å². The third-order valence-electron chi connectivity index (χ3n) is 8.43. The Morgan fingerprint density at radius 2 is 1.05 bits per heavy atom. The maximum Gasteiger partial charge on any atom is 0.204 e. The molecular formula is C32H21NO7. The molecule has 3 atom stereocenters. The van der Waals surface area contributed by atoms with Gasteiger partial charge in [-0.25, -0.2) is 5.21 Å². The molecule has 8 heteroatoms. The molecule has 2 aliphatic carbocycles. The number of quaternary nitrogens is 1. The van der Waals surface area contributed by atoms with E-state index >= 15 is 0 Å². The zero-order valence-electron chi connectivity index (χ0n) is 20.9. The number of ether oxygens (including phenoxy) is 1. The highest BCUT2D eigenvalue weighted by molar-refractivity contribution is 6.37. The molecule has 0 saturated carbocycles. The van der Waals surface area contributed by atoms with Gasteiger partial charge in [0.25, 0.3) is 0 Å². The molecule has 7 rings (SSSR count). The summed E-state index contributed by atoms with van der Waals surface area (Å²) in [6, 6.07) is 27.0. The van der Waals surface area contributed by atoms with Crippen molar-refractivity contribution in [2.45, 2.75) is 17.6 Å². The minimum atomic E-state index is -2.22. The topological polar surface area (TPSA) is 125 Å². The Labute approximate surface area is 228 Å². The Balaban J connectivity index is 1.57. The number of benzene rings is 4. The predicted octanol–water partition coefficient (Wildman–Crippen LogP) is 3.83. The Hall–Kier alpha value is -4.60. The van der Waals surface area contributed by atoms with Crippen LogP contribution in [0.15, 0.2) is 103 Å². The number of carbonyl (C=O) groups is 4. The summed E-state index contributed by atoms with van der Waals surface area (Å²) in [6.45, 7) is 0. The fourth-order valence-corrected chi connectivity index (χ4v) is 6.77. The van der Waals surface area contributed by atoms with Crippen LogP contribution in [-0.4, -0.2) is 33.9 Å². The van der Waals surface area contributed by atoms with E-state index in [2.05, 4.69) is 0 Å². The molecule has 1 heterocycles. The van der Waals surface area contributed by atoms with E-state index in [-0.39, 0.29) is 33.5 Å². The fraction of sp³-hybridized carbons (Fsp3) is 0.125. The lowest BCUT2D eigenvalue weighted by Gasteiger charge is -2.34. The molecule has 4 aromatic rings. The number of rotatable bonds is 3. The molecule has 8 nitrogen and oxygen atoms in total. The second kappa shape index (κ2) is 8.45. The average Bonchev–Trinajstić information content (AvgIpc) is 3.52. The molecule has 1 fully saturated rings. The average molecular weight is 532 g/mol. The summed E-state index contributed by atoms with van der Waals surface area (Å²) < 4.78 is 6.60. The van der Waals surface area contributed by atoms with Crippen molar-refractivity contribution in [3.63, 3.8) is 0 Å². The molecule has 3 unspecified atom stereocenters. The number of carbonyl (C=O) groups excluding carboxylic acids is 4. The van der Waals surface area contributed by atoms with Crippen molar-refractivity contribution >= 4 is 28.8 Å². The van der Waals surface area contributed by atoms with Crippen molar-refractivity contribution in [2.75, 3.05) is 0 Å². The van der Waals surface area contributed by atoms with Gasteiger partial charge in [-0.1, -0.05) is 91.0 Å². The zero-order chi connectivity index (χ0) is 27.8. The lowest BCUT2D eigenvalue weighted by Crippen LogP contribution is -2.99. The third kappa shape index (κ3) is 2.88. The van der Waals surface area contributed by atoms with Crippen LogP contribution in [0.5, 0.6) is 0 Å². The summed E-state index contributed by atoms with van der Waals surface area (Å²) in [5, 5.41) is 20.0. The van der Waals surface area contributed by atoms with Crippen LogP contribution in [0, 0.1) is 10.6 Å². The quantitative estimate of drug-likeness (QED) is 0.304. The minimum Gasteiger partial charge on any atom is -0.595 e. The maximum atomic E-state index is 14.6. The molecule has 4 aromatic carbocycles. The van der Waals surface area contributed by atoms with Gasteiger partial charge >= 0.3 is 0 Å². The van der Waals surface area contributed by atoms with Crippen molar-refractivity contribution in [1.29, 1.82) is 0 Å². The summed E-state index contributed by atoms with van der Waals surface area (Å²) in [5.74, 6) is -3.71. The van der Waals surface area contributed by atoms with E-state index in [1.807, 2.05) is 0 Å². The Morgan fingerprint density at radius 3 is 1.52 bits per heavy atom. The van der Waals surface area contributed by atoms with E-state index < -0.39 is 51.4 Å². The first-order valence-electron chi connectivity index (χ1n) is 12.8. The molecule has 3 aliphatic rings. The molecule has 0 radical (unpaired) electrons. The molecule has 1 saturated heterocycles. The molecule has 1 aliphatic heterocycles. The highest BCUT2D eigenvalue weighted by Gasteiger charge is 2.79. The van der Waals surface area contributed by atoms with Crippen LogP contribution < -0.4 is 5.23 Å². The predicted molar refractivity (Wildman–Crippen MR) is 141 cm³/mol. The molecule has 2 N–H and O–H groups in total. The van der Waals surface area contributed by atoms with Crippen LogP contribution in [0.25, 0.3) is 0 Å². The SMILES string of the molecule is O=C1c2ccccc2C(=O)C12OC(c1ccccc1)C1(C(=O)c3ccccc3C1=O)C2c1ccc([NH+]([O-])O)cc1. The monoisotopic (exact) mass is 531 g/mol. The van der Waals surface area contributed by atoms with Crippen molar-refractivity contribution < 1.29 is 34.3 Å². The minimum absolute atomic E-state index is 0.0231. The Kier molecular flexibility index (Phi) is 5.16. The molecule has 196 valence electrons. The summed E-state index contributed by atoms with van der Waals surface area (Å²) >= 11 is 0. The highest BCUT2D eigenvalue weighted by atomic mass is 16.8. The van der Waals surface area contributed by atoms with Crippen LogP contribution in [0.2, 0.25) is 0 Å². The largest absolute Gasteiger partial charge is 0.595 e. The summed E-state index contributed by atoms with van der Waals surface area (Å²) in [6.07, 6.45) is -1.27. The van der Waals surface area contributed by atoms with Crippen molar-refractivity contribution in [1.82, 2.24) is 0 Å². The van der Waals surface area contributed by atoms with Crippen molar-refractivity contribution in [3.05, 3.63) is 142 Å². The van der Waals surface area contributed by atoms with Gasteiger partial charge in [0.1, 0.15) is 11.5 Å². The van der Waals surface area contributed by atoms with Gasteiger partial charge < -0.3 is 9.94 Å². The van der Waals surface area contributed by atoms with Gasteiger partial charge in [-0.15, -0.1) is 0 Å². The van der Waals surface area contributed by atoms with E-state index in [1.54, 1.807) is 66.7 Å². The van der Waals surface area contributed by atoms with Gasteiger partial charge in [-0.05, 0) is 11.1 Å². The van der Waals surface area contributed by atoms with E-state index in [0.717, 1.165) is 0 Å². The second-order valence-electron chi connectivity index (χ2n) is 10.3. The second-order valence-corrected chi connectivity index (χ2v) is 10.3. The van der Waals surface area contributed by atoms with Gasteiger partial charge in [-0.2, -0.15) is 5.23 Å². The lowest BCUT2D eigenvalue weighted by atomic mass is 9.60. The van der Waals surface area contributed by atoms with Crippen LogP contribution in [-0.2, 0) is 4.74 Å². The molecule has 0 aromatic heterocycles. The van der Waals surface area contributed by atoms with Crippen molar-refractivity contribution in [2.24, 2.45) is 5.41 Å². The smallest absolute Gasteiger partial charge is 0.204 e. The van der Waals surface area contributed by atoms with E-state index in [0.29, 0.717) is 5.56 Å². The summed E-state index contributed by atoms with van der Waals surface area (Å²) in [5.41, 5.74) is -2.80. The molecule has 0 bridgehead atoms. The first-order valence-corrected chi connectivity index (χ1v) is 12.8. The number of hydrogen-bond acceptors (Lipinski definition) is 7. The van der Waals surface area contributed by atoms with E-state index in [1.165, 1.54) is 36.4 Å². The zero-order valence-corrected chi connectivity index (χ0v) is 20.9. The number of Topliss-reactive ketones (excluding diaryl/α,β-unsaturated/α-hetero) is 4. The van der Waals surface area contributed by atoms with Gasteiger partial charge in [0, 0.05) is 34.4 Å². The van der Waals surface area contributed by atoms with Gasteiger partial charge in [0.15, 0.2) is 17.3 Å². The Morgan fingerprint density at radius 1 is 0.600 bits per heavy atom. The lowest BCUT2D eigenvalue weighted by molar-refractivity contribution is -0.991. The summed E-state index contributed by atoms with van der Waals surface area (Å²) in [7, 11) is 0. The van der Waals surface area contributed by atoms with Crippen LogP contribution in [0.4, 0.5) is 5.69 Å². The highest BCUT2D eigenvalue weighted by Crippen LogP contribution is 2.67. The van der Waals surface area contributed by atoms with Crippen LogP contribution in [0.3, 0.4) is 0 Å². The standard InChI is InChI=1S/C32H21NO7/c34-26-21-10-4-5-11-22(21)27(35)31(26)25(18-14-16-20(17-15-18)33(38)39)32(40-30(31)19-8-2-1-3-9-19)28(36)23-12-6-7-13-24(23)29(32)37/h1-17,25,30,33,38H. The molecule has 0 amide bonds. The number of nitrogens with one attached hydrogen (secondary N) is 1. The molecular weight excluding hydrogens is 510 g/mol. The Bertz CT molecular complexity index is 1670. The molecule has 40 heavy (non-hydrogen) atoms. The number of ketones is 4. The van der Waals surface area contributed by atoms with Gasteiger partial charge in [0.2, 0.25) is 17.2 Å². The van der Waals surface area contributed by atoms with E-state index in [9.17, 15) is 29.6 Å². The fourth-order valence-electron chi connectivity index (χ4n) is 6.77. The molecule has 2 spiro atoms. The van der Waals surface area contributed by atoms with Gasteiger partial charge in [-0.3, -0.25) is 19.2 Å². The van der Waals surface area contributed by atoms with Crippen LogP contribution in [0.1, 0.15) is 64.6 Å². The maximum absolute atomic E-state index is 14.6. The number of fused-ring (bicyclic) bond motifs is 2.